The van der Waals surface area contributed by atoms with Crippen LogP contribution in [0.2, 0.25) is 0 Å². The van der Waals surface area contributed by atoms with Gasteiger partial charge in [-0.25, -0.2) is 9.59 Å². The lowest BCUT2D eigenvalue weighted by Gasteiger charge is -2.29. The Labute approximate surface area is 103 Å². The number of nitrogens with one attached hydrogen (secondary N) is 2. The summed E-state index contributed by atoms with van der Waals surface area (Å²) in [7, 11) is 0. The first-order chi connectivity index (χ1) is 7.88. The van der Waals surface area contributed by atoms with E-state index in [1.807, 2.05) is 27.7 Å². The Morgan fingerprint density at radius 2 is 1.76 bits per heavy atom. The van der Waals surface area contributed by atoms with Gasteiger partial charge in [-0.15, -0.1) is 0 Å². The molecule has 5 nitrogen and oxygen atoms in total. The third-order valence-electron chi connectivity index (χ3n) is 3.16. The van der Waals surface area contributed by atoms with Gasteiger partial charge in [-0.3, -0.25) is 0 Å². The van der Waals surface area contributed by atoms with Crippen LogP contribution in [0, 0.1) is 0 Å². The molecule has 5 heteroatoms. The highest BCUT2D eigenvalue weighted by molar-refractivity contribution is 5.82. The van der Waals surface area contributed by atoms with Crippen LogP contribution in [-0.2, 0) is 4.79 Å². The van der Waals surface area contributed by atoms with E-state index in [4.69, 9.17) is 5.11 Å². The van der Waals surface area contributed by atoms with E-state index < -0.39 is 18.0 Å². The molecule has 1 atom stereocenters. The molecule has 0 rings (SSSR count). The molecule has 0 aliphatic rings. The van der Waals surface area contributed by atoms with E-state index in [0.717, 1.165) is 19.3 Å². The molecule has 0 aromatic heterocycles. The Balaban J connectivity index is 4.37. The van der Waals surface area contributed by atoms with Crippen molar-refractivity contribution in [2.75, 3.05) is 0 Å². The topological polar surface area (TPSA) is 78.4 Å². The van der Waals surface area contributed by atoms with Crippen molar-refractivity contribution in [1.29, 1.82) is 0 Å². The minimum absolute atomic E-state index is 0.278. The van der Waals surface area contributed by atoms with Gasteiger partial charge >= 0.3 is 12.0 Å². The quantitative estimate of drug-likeness (QED) is 0.642. The van der Waals surface area contributed by atoms with E-state index >= 15 is 0 Å². The van der Waals surface area contributed by atoms with E-state index in [9.17, 15) is 9.59 Å². The molecule has 0 fully saturated rings. The average molecular weight is 244 g/mol. The van der Waals surface area contributed by atoms with Crippen LogP contribution in [0.25, 0.3) is 0 Å². The predicted octanol–water partition coefficient (Wildman–Crippen LogP) is 2.12. The average Bonchev–Trinajstić information content (AvgIpc) is 2.28. The molecule has 0 aliphatic carbocycles. The van der Waals surface area contributed by atoms with Gasteiger partial charge in [0.2, 0.25) is 0 Å². The molecule has 0 saturated heterocycles. The van der Waals surface area contributed by atoms with Crippen LogP contribution in [0.3, 0.4) is 0 Å². The number of carbonyl (C=O) groups is 2. The lowest BCUT2D eigenvalue weighted by atomic mass is 9.96. The molecule has 0 bridgehead atoms. The zero-order valence-electron chi connectivity index (χ0n) is 11.2. The van der Waals surface area contributed by atoms with Gasteiger partial charge in [-0.1, -0.05) is 27.2 Å². The summed E-state index contributed by atoms with van der Waals surface area (Å²) in [5.74, 6) is -0.989. The van der Waals surface area contributed by atoms with Crippen LogP contribution in [0.4, 0.5) is 4.79 Å². The zero-order chi connectivity index (χ0) is 13.5. The first-order valence-corrected chi connectivity index (χ1v) is 6.20. The van der Waals surface area contributed by atoms with Gasteiger partial charge in [0, 0.05) is 5.54 Å². The minimum atomic E-state index is -0.989. The lowest BCUT2D eigenvalue weighted by molar-refractivity contribution is -0.139. The summed E-state index contributed by atoms with van der Waals surface area (Å²) in [6.07, 6.45) is 2.78. The van der Waals surface area contributed by atoms with Gasteiger partial charge in [0.1, 0.15) is 6.04 Å². The van der Waals surface area contributed by atoms with Crippen molar-refractivity contribution in [3.05, 3.63) is 0 Å². The highest BCUT2D eigenvalue weighted by Gasteiger charge is 2.25. The second kappa shape index (κ2) is 7.14. The summed E-state index contributed by atoms with van der Waals surface area (Å²) >= 11 is 0. The van der Waals surface area contributed by atoms with Crippen molar-refractivity contribution in [1.82, 2.24) is 10.6 Å². The fourth-order valence-electron chi connectivity index (χ4n) is 1.44. The van der Waals surface area contributed by atoms with E-state index in [1.165, 1.54) is 0 Å². The summed E-state index contributed by atoms with van der Waals surface area (Å²) in [5.41, 5.74) is -0.278. The van der Waals surface area contributed by atoms with Crippen LogP contribution >= 0.6 is 0 Å². The maximum Gasteiger partial charge on any atom is 0.326 e. The minimum Gasteiger partial charge on any atom is -0.480 e. The molecule has 3 N–H and O–H groups in total. The number of carboxylic acid groups (broad SMARTS) is 1. The first kappa shape index (κ1) is 15.7. The first-order valence-electron chi connectivity index (χ1n) is 6.20. The summed E-state index contributed by atoms with van der Waals surface area (Å²) in [6, 6.07) is -1.21. The molecule has 0 unspecified atom stereocenters. The third-order valence-corrected chi connectivity index (χ3v) is 3.16. The SMILES string of the molecule is CCC[C@H](NC(=O)NC(C)(CC)CC)C(=O)O. The summed E-state index contributed by atoms with van der Waals surface area (Å²) < 4.78 is 0. The Morgan fingerprint density at radius 3 is 2.12 bits per heavy atom. The normalized spacial score (nSPS) is 12.9. The molecule has 0 spiro atoms. The van der Waals surface area contributed by atoms with Crippen molar-refractivity contribution < 1.29 is 14.7 Å². The number of carbonyl (C=O) groups excluding carboxylic acids is 1. The van der Waals surface area contributed by atoms with Crippen LogP contribution in [0.1, 0.15) is 53.4 Å². The maximum atomic E-state index is 11.7. The van der Waals surface area contributed by atoms with E-state index in [0.29, 0.717) is 6.42 Å². The molecule has 0 radical (unpaired) electrons. The standard InChI is InChI=1S/C12H24N2O3/c1-5-8-9(10(15)16)13-11(17)14-12(4,6-2)7-3/h9H,5-8H2,1-4H3,(H,15,16)(H2,13,14,17)/t9-/m0/s1. The number of amides is 2. The van der Waals surface area contributed by atoms with Crippen LogP contribution in [0.5, 0.6) is 0 Å². The van der Waals surface area contributed by atoms with Crippen molar-refractivity contribution in [3.8, 4) is 0 Å². The summed E-state index contributed by atoms with van der Waals surface area (Å²) in [4.78, 5) is 22.6. The molecule has 0 saturated carbocycles. The summed E-state index contributed by atoms with van der Waals surface area (Å²) in [6.45, 7) is 7.81. The van der Waals surface area contributed by atoms with Crippen molar-refractivity contribution in [3.63, 3.8) is 0 Å². The largest absolute Gasteiger partial charge is 0.480 e. The van der Waals surface area contributed by atoms with Gasteiger partial charge in [0.15, 0.2) is 0 Å². The van der Waals surface area contributed by atoms with E-state index in [1.54, 1.807) is 0 Å². The number of aliphatic carboxylic acids is 1. The van der Waals surface area contributed by atoms with Gasteiger partial charge in [0.05, 0.1) is 0 Å². The number of hydrogen-bond acceptors (Lipinski definition) is 2. The zero-order valence-corrected chi connectivity index (χ0v) is 11.2. The Bertz CT molecular complexity index is 262. The molecule has 0 heterocycles. The van der Waals surface area contributed by atoms with Gasteiger partial charge in [-0.2, -0.15) is 0 Å². The predicted molar refractivity (Wildman–Crippen MR) is 67.0 cm³/mol. The smallest absolute Gasteiger partial charge is 0.326 e. The number of hydrogen-bond donors (Lipinski definition) is 3. The van der Waals surface area contributed by atoms with E-state index in [-0.39, 0.29) is 5.54 Å². The Hall–Kier alpha value is -1.26. The van der Waals surface area contributed by atoms with Gasteiger partial charge < -0.3 is 15.7 Å². The molecular formula is C12H24N2O3. The lowest BCUT2D eigenvalue weighted by Crippen LogP contribution is -2.53. The van der Waals surface area contributed by atoms with Crippen LogP contribution < -0.4 is 10.6 Å². The Morgan fingerprint density at radius 1 is 1.24 bits per heavy atom. The van der Waals surface area contributed by atoms with Crippen molar-refractivity contribution >= 4 is 12.0 Å². The second-order valence-corrected chi connectivity index (χ2v) is 4.55. The van der Waals surface area contributed by atoms with Crippen LogP contribution in [0.15, 0.2) is 0 Å². The molecule has 2 amide bonds. The third kappa shape index (κ3) is 5.56. The molecule has 0 aromatic carbocycles. The number of urea groups is 1. The molecule has 0 aliphatic heterocycles. The Kier molecular flexibility index (Phi) is 6.61. The monoisotopic (exact) mass is 244 g/mol. The highest BCUT2D eigenvalue weighted by Crippen LogP contribution is 2.13. The highest BCUT2D eigenvalue weighted by atomic mass is 16.4. The molecule has 17 heavy (non-hydrogen) atoms. The fraction of sp³-hybridized carbons (Fsp3) is 0.833. The van der Waals surface area contributed by atoms with E-state index in [2.05, 4.69) is 10.6 Å². The number of rotatable bonds is 7. The van der Waals surface area contributed by atoms with Crippen molar-refractivity contribution in [2.45, 2.75) is 65.0 Å². The number of carboxylic acids is 1. The van der Waals surface area contributed by atoms with Gasteiger partial charge in [-0.05, 0) is 26.2 Å². The van der Waals surface area contributed by atoms with Crippen LogP contribution in [-0.4, -0.2) is 28.7 Å². The maximum absolute atomic E-state index is 11.7. The van der Waals surface area contributed by atoms with Gasteiger partial charge in [0.25, 0.3) is 0 Å². The fourth-order valence-corrected chi connectivity index (χ4v) is 1.44. The second-order valence-electron chi connectivity index (χ2n) is 4.55. The molecular weight excluding hydrogens is 220 g/mol. The van der Waals surface area contributed by atoms with Crippen molar-refractivity contribution in [2.24, 2.45) is 0 Å². The molecule has 100 valence electrons. The summed E-state index contributed by atoms with van der Waals surface area (Å²) in [5, 5.41) is 14.2. The molecule has 0 aromatic rings.